The van der Waals surface area contributed by atoms with Gasteiger partial charge < -0.3 is 10.2 Å². The van der Waals surface area contributed by atoms with Gasteiger partial charge in [0, 0.05) is 12.6 Å². The van der Waals surface area contributed by atoms with Gasteiger partial charge in [0.15, 0.2) is 0 Å². The summed E-state index contributed by atoms with van der Waals surface area (Å²) in [6.45, 7) is 9.13. The Morgan fingerprint density at radius 1 is 1.37 bits per heavy atom. The van der Waals surface area contributed by atoms with Crippen molar-refractivity contribution in [2.45, 2.75) is 70.9 Å². The van der Waals surface area contributed by atoms with Gasteiger partial charge >= 0.3 is 0 Å². The highest BCUT2D eigenvalue weighted by Gasteiger charge is 2.37. The summed E-state index contributed by atoms with van der Waals surface area (Å²) in [5.74, 6) is 0.799. The summed E-state index contributed by atoms with van der Waals surface area (Å²) in [5.41, 5.74) is -0.287. The lowest BCUT2D eigenvalue weighted by atomic mass is 9.79. The summed E-state index contributed by atoms with van der Waals surface area (Å²) < 4.78 is 0. The topological polar surface area (TPSA) is 39.1 Å². The Bertz CT molecular complexity index is 293. The maximum Gasteiger partial charge on any atom is 0.108 e. The van der Waals surface area contributed by atoms with E-state index in [4.69, 9.17) is 0 Å². The second kappa shape index (κ2) is 7.87. The Morgan fingerprint density at radius 2 is 2.05 bits per heavy atom. The molecule has 3 heteroatoms. The maximum absolute atomic E-state index is 9.46. The Morgan fingerprint density at radius 3 is 2.53 bits per heavy atom. The third-order valence-corrected chi connectivity index (χ3v) is 4.99. The second-order valence-electron chi connectivity index (χ2n) is 5.96. The number of hydrogen-bond acceptors (Lipinski definition) is 3. The van der Waals surface area contributed by atoms with E-state index in [1.54, 1.807) is 0 Å². The number of hydrogen-bond donors (Lipinski definition) is 1. The van der Waals surface area contributed by atoms with Gasteiger partial charge in [-0.15, -0.1) is 0 Å². The van der Waals surface area contributed by atoms with Crippen LogP contribution in [0, 0.1) is 17.2 Å². The smallest absolute Gasteiger partial charge is 0.108 e. The monoisotopic (exact) mass is 265 g/mol. The van der Waals surface area contributed by atoms with Crippen LogP contribution in [0.25, 0.3) is 0 Å². The summed E-state index contributed by atoms with van der Waals surface area (Å²) >= 11 is 0. The molecule has 0 bridgehead atoms. The van der Waals surface area contributed by atoms with Crippen LogP contribution in [0.15, 0.2) is 0 Å². The van der Waals surface area contributed by atoms with Crippen molar-refractivity contribution in [3.63, 3.8) is 0 Å². The highest BCUT2D eigenvalue weighted by atomic mass is 15.2. The van der Waals surface area contributed by atoms with Gasteiger partial charge in [-0.3, -0.25) is 0 Å². The molecule has 1 fully saturated rings. The van der Waals surface area contributed by atoms with E-state index in [9.17, 15) is 5.26 Å². The maximum atomic E-state index is 9.46. The lowest BCUT2D eigenvalue weighted by Crippen LogP contribution is -2.52. The number of rotatable bonds is 7. The molecule has 0 amide bonds. The van der Waals surface area contributed by atoms with Crippen molar-refractivity contribution in [1.29, 1.82) is 5.26 Å². The largest absolute Gasteiger partial charge is 0.302 e. The van der Waals surface area contributed by atoms with Crippen molar-refractivity contribution in [3.8, 4) is 6.07 Å². The molecular formula is C16H31N3. The van der Waals surface area contributed by atoms with Gasteiger partial charge in [0.05, 0.1) is 6.07 Å². The average Bonchev–Trinajstić information content (AvgIpc) is 2.48. The Kier molecular flexibility index (Phi) is 6.82. The average molecular weight is 265 g/mol. The molecule has 1 N–H and O–H groups in total. The van der Waals surface area contributed by atoms with Crippen LogP contribution in [0.2, 0.25) is 0 Å². The predicted molar refractivity (Wildman–Crippen MR) is 81.0 cm³/mol. The summed E-state index contributed by atoms with van der Waals surface area (Å²) in [5, 5.41) is 12.7. The Labute approximate surface area is 119 Å². The molecule has 0 radical (unpaired) electrons. The molecule has 110 valence electrons. The first-order valence-electron chi connectivity index (χ1n) is 7.98. The molecule has 0 saturated heterocycles. The van der Waals surface area contributed by atoms with Gasteiger partial charge in [-0.05, 0) is 45.2 Å². The molecule has 0 heterocycles. The van der Waals surface area contributed by atoms with Crippen LogP contribution in [-0.4, -0.2) is 36.6 Å². The third kappa shape index (κ3) is 4.19. The van der Waals surface area contributed by atoms with Gasteiger partial charge in [0.1, 0.15) is 5.54 Å². The fraction of sp³-hybridized carbons (Fsp3) is 0.938. The van der Waals surface area contributed by atoms with E-state index < -0.39 is 0 Å². The SMILES string of the molecule is CCC(CC)CN(CC)C1CCCC(C#N)(NC)C1. The predicted octanol–water partition coefficient (Wildman–Crippen LogP) is 3.17. The van der Waals surface area contributed by atoms with Crippen LogP contribution >= 0.6 is 0 Å². The number of nitrogens with zero attached hydrogens (tertiary/aromatic N) is 2. The van der Waals surface area contributed by atoms with Crippen LogP contribution in [0.3, 0.4) is 0 Å². The molecule has 0 aromatic carbocycles. The first-order chi connectivity index (χ1) is 9.14. The molecule has 19 heavy (non-hydrogen) atoms. The molecule has 1 aliphatic rings. The first kappa shape index (κ1) is 16.5. The summed E-state index contributed by atoms with van der Waals surface area (Å²) in [6, 6.07) is 3.09. The van der Waals surface area contributed by atoms with Crippen LogP contribution in [-0.2, 0) is 0 Å². The quantitative estimate of drug-likeness (QED) is 0.768. The van der Waals surface area contributed by atoms with Gasteiger partial charge in [0.25, 0.3) is 0 Å². The zero-order valence-corrected chi connectivity index (χ0v) is 13.2. The van der Waals surface area contributed by atoms with Crippen molar-refractivity contribution in [1.82, 2.24) is 10.2 Å². The second-order valence-corrected chi connectivity index (χ2v) is 5.96. The van der Waals surface area contributed by atoms with Gasteiger partial charge in [-0.25, -0.2) is 0 Å². The van der Waals surface area contributed by atoms with E-state index in [-0.39, 0.29) is 5.54 Å². The van der Waals surface area contributed by atoms with Crippen LogP contribution in [0.4, 0.5) is 0 Å². The minimum Gasteiger partial charge on any atom is -0.302 e. The number of nitrogens with one attached hydrogen (secondary N) is 1. The summed E-state index contributed by atoms with van der Waals surface area (Å²) in [7, 11) is 1.93. The molecule has 3 nitrogen and oxygen atoms in total. The standard InChI is InChI=1S/C16H31N3/c1-5-14(6-2)12-19(7-3)15-9-8-10-16(11-15,13-17)18-4/h14-15,18H,5-12H2,1-4H3. The lowest BCUT2D eigenvalue weighted by molar-refractivity contribution is 0.109. The normalized spacial score (nSPS) is 27.7. The van der Waals surface area contributed by atoms with Crippen LogP contribution in [0.5, 0.6) is 0 Å². The summed E-state index contributed by atoms with van der Waals surface area (Å²) in [4.78, 5) is 2.61. The van der Waals surface area contributed by atoms with E-state index in [1.165, 1.54) is 32.2 Å². The van der Waals surface area contributed by atoms with Crippen molar-refractivity contribution < 1.29 is 0 Å². The molecule has 1 aliphatic carbocycles. The van der Waals surface area contributed by atoms with Crippen LogP contribution in [0.1, 0.15) is 59.3 Å². The van der Waals surface area contributed by atoms with Crippen molar-refractivity contribution in [3.05, 3.63) is 0 Å². The van der Waals surface area contributed by atoms with E-state index in [0.717, 1.165) is 25.3 Å². The van der Waals surface area contributed by atoms with E-state index in [0.29, 0.717) is 6.04 Å². The first-order valence-corrected chi connectivity index (χ1v) is 7.98. The highest BCUT2D eigenvalue weighted by molar-refractivity contribution is 5.10. The zero-order chi connectivity index (χ0) is 14.3. The molecule has 2 atom stereocenters. The lowest BCUT2D eigenvalue weighted by Gasteiger charge is -2.42. The Hall–Kier alpha value is -0.590. The molecule has 1 saturated carbocycles. The van der Waals surface area contributed by atoms with E-state index in [2.05, 4.69) is 37.1 Å². The zero-order valence-electron chi connectivity index (χ0n) is 13.2. The molecular weight excluding hydrogens is 234 g/mol. The minimum absolute atomic E-state index is 0.287. The van der Waals surface area contributed by atoms with Gasteiger partial charge in [-0.2, -0.15) is 5.26 Å². The van der Waals surface area contributed by atoms with Crippen molar-refractivity contribution in [2.24, 2.45) is 5.92 Å². The van der Waals surface area contributed by atoms with Crippen molar-refractivity contribution in [2.75, 3.05) is 20.1 Å². The van der Waals surface area contributed by atoms with Crippen molar-refractivity contribution >= 4 is 0 Å². The molecule has 0 aliphatic heterocycles. The fourth-order valence-corrected chi connectivity index (χ4v) is 3.36. The fourth-order valence-electron chi connectivity index (χ4n) is 3.36. The molecule has 0 aromatic heterocycles. The molecule has 0 spiro atoms. The molecule has 1 rings (SSSR count). The minimum atomic E-state index is -0.287. The summed E-state index contributed by atoms with van der Waals surface area (Å²) in [6.07, 6.45) is 6.91. The molecule has 2 unspecified atom stereocenters. The Balaban J connectivity index is 2.68. The van der Waals surface area contributed by atoms with E-state index >= 15 is 0 Å². The van der Waals surface area contributed by atoms with Crippen LogP contribution < -0.4 is 5.32 Å². The van der Waals surface area contributed by atoms with Gasteiger partial charge in [-0.1, -0.05) is 33.6 Å². The van der Waals surface area contributed by atoms with Gasteiger partial charge in [0.2, 0.25) is 0 Å². The molecule has 0 aromatic rings. The number of nitriles is 1. The van der Waals surface area contributed by atoms with E-state index in [1.807, 2.05) is 7.05 Å². The highest BCUT2D eigenvalue weighted by Crippen LogP contribution is 2.31. The third-order valence-electron chi connectivity index (χ3n) is 4.99.